The van der Waals surface area contributed by atoms with Gasteiger partial charge < -0.3 is 24.8 Å². The molecule has 1 aromatic rings. The zero-order valence-corrected chi connectivity index (χ0v) is 13.2. The molecule has 0 aromatic heterocycles. The Hall–Kier alpha value is -1.18. The van der Waals surface area contributed by atoms with Crippen LogP contribution in [0.2, 0.25) is 0 Å². The Morgan fingerprint density at radius 2 is 1.78 bits per heavy atom. The number of β-amino-alcohol motifs (C(OH)–C–C–N with tert-alkyl or cyclic N) is 2. The third-order valence-electron chi connectivity index (χ3n) is 4.51. The van der Waals surface area contributed by atoms with Crippen LogP contribution in [0.3, 0.4) is 0 Å². The number of nitrogens with zero attached hydrogens (tertiary/aromatic N) is 1. The van der Waals surface area contributed by atoms with Gasteiger partial charge in [-0.1, -0.05) is 12.1 Å². The summed E-state index contributed by atoms with van der Waals surface area (Å²) in [6, 6.07) is 8.02. The third-order valence-corrected chi connectivity index (χ3v) is 4.51. The topological polar surface area (TPSA) is 82.4 Å². The lowest BCUT2D eigenvalue weighted by Gasteiger charge is -2.36. The minimum Gasteiger partial charge on any atom is -0.488 e. The molecule has 0 spiro atoms. The van der Waals surface area contributed by atoms with Crippen molar-refractivity contribution < 1.29 is 24.8 Å². The van der Waals surface area contributed by atoms with Crippen molar-refractivity contribution in [2.24, 2.45) is 0 Å². The molecular weight excluding hydrogens is 298 g/mol. The number of benzene rings is 1. The van der Waals surface area contributed by atoms with E-state index in [0.717, 1.165) is 31.7 Å². The molecule has 3 unspecified atom stereocenters. The molecule has 1 aromatic carbocycles. The van der Waals surface area contributed by atoms with Crippen LogP contribution in [0, 0.1) is 0 Å². The number of aliphatic hydroxyl groups is 3. The predicted molar refractivity (Wildman–Crippen MR) is 84.5 cm³/mol. The van der Waals surface area contributed by atoms with E-state index < -0.39 is 18.3 Å². The highest BCUT2D eigenvalue weighted by atomic mass is 16.5. The fraction of sp³-hybridized carbons (Fsp3) is 0.647. The molecule has 3 atom stereocenters. The van der Waals surface area contributed by atoms with Gasteiger partial charge in [-0.3, -0.25) is 4.90 Å². The Kier molecular flexibility index (Phi) is 5.50. The van der Waals surface area contributed by atoms with Crippen LogP contribution in [0.5, 0.6) is 5.75 Å². The summed E-state index contributed by atoms with van der Waals surface area (Å²) in [4.78, 5) is 1.97. The lowest BCUT2D eigenvalue weighted by molar-refractivity contribution is -0.109. The lowest BCUT2D eigenvalue weighted by atomic mass is 10.0. The molecule has 2 heterocycles. The van der Waals surface area contributed by atoms with Gasteiger partial charge in [0, 0.05) is 26.1 Å². The summed E-state index contributed by atoms with van der Waals surface area (Å²) in [5.41, 5.74) is 1.18. The van der Waals surface area contributed by atoms with Crippen molar-refractivity contribution in [3.8, 4) is 5.75 Å². The molecule has 6 heteroatoms. The Morgan fingerprint density at radius 3 is 2.39 bits per heavy atom. The fourth-order valence-electron chi connectivity index (χ4n) is 3.08. The fourth-order valence-corrected chi connectivity index (χ4v) is 3.08. The summed E-state index contributed by atoms with van der Waals surface area (Å²) in [5.74, 6) is 0.858. The van der Waals surface area contributed by atoms with Gasteiger partial charge in [0.1, 0.15) is 18.0 Å². The number of hydrogen-bond donors (Lipinski definition) is 3. The Morgan fingerprint density at radius 1 is 1.09 bits per heavy atom. The van der Waals surface area contributed by atoms with Crippen molar-refractivity contribution in [1.29, 1.82) is 0 Å². The van der Waals surface area contributed by atoms with Crippen molar-refractivity contribution in [2.45, 2.75) is 37.3 Å². The molecule has 2 aliphatic heterocycles. The molecule has 2 aliphatic rings. The summed E-state index contributed by atoms with van der Waals surface area (Å²) in [5, 5.41) is 29.0. The number of rotatable bonds is 5. The van der Waals surface area contributed by atoms with Gasteiger partial charge in [0.25, 0.3) is 0 Å². The molecule has 128 valence electrons. The number of aliphatic hydroxyl groups excluding tert-OH is 3. The third kappa shape index (κ3) is 4.43. The molecule has 0 bridgehead atoms. The molecule has 2 fully saturated rings. The highest BCUT2D eigenvalue weighted by Crippen LogP contribution is 2.18. The first-order valence-electron chi connectivity index (χ1n) is 8.22. The second-order valence-corrected chi connectivity index (χ2v) is 6.38. The molecule has 3 rings (SSSR count). The minimum absolute atomic E-state index is 0.156. The van der Waals surface area contributed by atoms with Crippen LogP contribution < -0.4 is 4.74 Å². The first kappa shape index (κ1) is 16.7. The normalized spacial score (nSPS) is 32.1. The summed E-state index contributed by atoms with van der Waals surface area (Å²) in [6.45, 7) is 2.94. The van der Waals surface area contributed by atoms with Gasteiger partial charge >= 0.3 is 0 Å². The average Bonchev–Trinajstić information content (AvgIpc) is 3.05. The van der Waals surface area contributed by atoms with Gasteiger partial charge in [0.15, 0.2) is 0 Å². The zero-order valence-electron chi connectivity index (χ0n) is 13.2. The molecule has 2 saturated heterocycles. The second kappa shape index (κ2) is 7.59. The smallest absolute Gasteiger partial charge is 0.124 e. The highest BCUT2D eigenvalue weighted by Gasteiger charge is 2.32. The van der Waals surface area contributed by atoms with Crippen LogP contribution in [-0.2, 0) is 11.2 Å². The number of piperidine rings is 1. The van der Waals surface area contributed by atoms with Crippen molar-refractivity contribution in [3.63, 3.8) is 0 Å². The van der Waals surface area contributed by atoms with Gasteiger partial charge in [-0.25, -0.2) is 0 Å². The summed E-state index contributed by atoms with van der Waals surface area (Å²) in [6.07, 6.45) is -0.896. The van der Waals surface area contributed by atoms with Crippen LogP contribution in [0.1, 0.15) is 12.0 Å². The first-order valence-corrected chi connectivity index (χ1v) is 8.22. The van der Waals surface area contributed by atoms with E-state index in [-0.39, 0.29) is 6.10 Å². The standard InChI is InChI=1S/C17H25NO5/c19-15-9-18(10-16(20)17(15)21)7-5-12-1-3-13(4-2-12)23-14-6-8-22-11-14/h1-4,14-17,19-21H,5-11H2. The van der Waals surface area contributed by atoms with Gasteiger partial charge in [-0.2, -0.15) is 0 Å². The van der Waals surface area contributed by atoms with E-state index >= 15 is 0 Å². The number of ether oxygens (including phenoxy) is 2. The molecular formula is C17H25NO5. The monoisotopic (exact) mass is 323 g/mol. The second-order valence-electron chi connectivity index (χ2n) is 6.38. The van der Waals surface area contributed by atoms with Crippen LogP contribution >= 0.6 is 0 Å². The first-order chi connectivity index (χ1) is 11.1. The van der Waals surface area contributed by atoms with Gasteiger partial charge in [0.2, 0.25) is 0 Å². The maximum absolute atomic E-state index is 9.71. The summed E-state index contributed by atoms with van der Waals surface area (Å²) in [7, 11) is 0. The molecule has 3 N–H and O–H groups in total. The zero-order chi connectivity index (χ0) is 16.2. The van der Waals surface area contributed by atoms with E-state index in [9.17, 15) is 15.3 Å². The number of hydrogen-bond acceptors (Lipinski definition) is 6. The van der Waals surface area contributed by atoms with E-state index in [4.69, 9.17) is 9.47 Å². The van der Waals surface area contributed by atoms with Crippen molar-refractivity contribution in [2.75, 3.05) is 32.8 Å². The quantitative estimate of drug-likeness (QED) is 0.696. The summed E-state index contributed by atoms with van der Waals surface area (Å²) < 4.78 is 11.1. The Bertz CT molecular complexity index is 476. The average molecular weight is 323 g/mol. The highest BCUT2D eigenvalue weighted by molar-refractivity contribution is 5.27. The maximum Gasteiger partial charge on any atom is 0.124 e. The van der Waals surface area contributed by atoms with Crippen LogP contribution in [0.25, 0.3) is 0 Å². The molecule has 0 saturated carbocycles. The molecule has 23 heavy (non-hydrogen) atoms. The van der Waals surface area contributed by atoms with Gasteiger partial charge in [0.05, 0.1) is 25.4 Å². The van der Waals surface area contributed by atoms with E-state index in [1.807, 2.05) is 29.2 Å². The van der Waals surface area contributed by atoms with Crippen molar-refractivity contribution in [3.05, 3.63) is 29.8 Å². The van der Waals surface area contributed by atoms with Crippen molar-refractivity contribution >= 4 is 0 Å². The Balaban J connectivity index is 1.46. The van der Waals surface area contributed by atoms with Crippen LogP contribution in [-0.4, -0.2) is 77.5 Å². The van der Waals surface area contributed by atoms with Gasteiger partial charge in [-0.05, 0) is 24.1 Å². The van der Waals surface area contributed by atoms with E-state index in [1.165, 1.54) is 5.56 Å². The van der Waals surface area contributed by atoms with E-state index in [1.54, 1.807) is 0 Å². The Labute approximate surface area is 136 Å². The van der Waals surface area contributed by atoms with Crippen molar-refractivity contribution in [1.82, 2.24) is 4.90 Å². The largest absolute Gasteiger partial charge is 0.488 e. The predicted octanol–water partition coefficient (Wildman–Crippen LogP) is -0.205. The summed E-state index contributed by atoms with van der Waals surface area (Å²) >= 11 is 0. The molecule has 6 nitrogen and oxygen atoms in total. The SMILES string of the molecule is OC1CN(CCc2ccc(OC3CCOC3)cc2)CC(O)C1O. The van der Waals surface area contributed by atoms with Crippen LogP contribution in [0.4, 0.5) is 0 Å². The number of likely N-dealkylation sites (tertiary alicyclic amines) is 1. The van der Waals surface area contributed by atoms with Gasteiger partial charge in [-0.15, -0.1) is 0 Å². The molecule has 0 amide bonds. The van der Waals surface area contributed by atoms with Crippen LogP contribution in [0.15, 0.2) is 24.3 Å². The molecule has 0 radical (unpaired) electrons. The lowest BCUT2D eigenvalue weighted by Crippen LogP contribution is -2.55. The minimum atomic E-state index is -1.04. The van der Waals surface area contributed by atoms with E-state index in [0.29, 0.717) is 19.7 Å². The van der Waals surface area contributed by atoms with E-state index in [2.05, 4.69) is 0 Å². The maximum atomic E-state index is 9.71. The molecule has 0 aliphatic carbocycles.